The van der Waals surface area contributed by atoms with E-state index in [0.29, 0.717) is 5.95 Å². The van der Waals surface area contributed by atoms with E-state index in [9.17, 15) is 10.1 Å². The van der Waals surface area contributed by atoms with E-state index >= 15 is 0 Å². The Kier molecular flexibility index (Phi) is 5.55. The molecule has 0 saturated heterocycles. The largest absolute Gasteiger partial charge is 0.354 e. The number of hydrogen-bond donors (Lipinski definition) is 1. The van der Waals surface area contributed by atoms with Gasteiger partial charge in [-0.15, -0.1) is 0 Å². The molecule has 7 heteroatoms. The van der Waals surface area contributed by atoms with Crippen molar-refractivity contribution >= 4 is 23.4 Å². The lowest BCUT2D eigenvalue weighted by Crippen LogP contribution is -2.05. The van der Waals surface area contributed by atoms with Crippen LogP contribution >= 0.6 is 11.8 Å². The fourth-order valence-electron chi connectivity index (χ4n) is 1.08. The van der Waals surface area contributed by atoms with Crippen LogP contribution in [0.3, 0.4) is 0 Å². The quantitative estimate of drug-likeness (QED) is 0.447. The molecule has 6 nitrogen and oxygen atoms in total. The van der Waals surface area contributed by atoms with Gasteiger partial charge in [0.25, 0.3) is 0 Å². The van der Waals surface area contributed by atoms with Crippen molar-refractivity contribution < 1.29 is 4.92 Å². The Labute approximate surface area is 98.0 Å². The molecule has 1 aromatic heterocycles. The molecule has 0 amide bonds. The van der Waals surface area contributed by atoms with Gasteiger partial charge in [-0.1, -0.05) is 0 Å². The molecule has 0 aliphatic heterocycles. The smallest absolute Gasteiger partial charge is 0.305 e. The first-order valence-corrected chi connectivity index (χ1v) is 6.32. The van der Waals surface area contributed by atoms with Crippen LogP contribution in [0.15, 0.2) is 12.4 Å². The van der Waals surface area contributed by atoms with E-state index in [2.05, 4.69) is 21.5 Å². The Balaban J connectivity index is 2.29. The highest BCUT2D eigenvalue weighted by molar-refractivity contribution is 7.98. The second-order valence-corrected chi connectivity index (χ2v) is 4.13. The van der Waals surface area contributed by atoms with Crippen molar-refractivity contribution in [3.05, 3.63) is 22.5 Å². The van der Waals surface area contributed by atoms with E-state index in [1.807, 2.05) is 11.8 Å². The van der Waals surface area contributed by atoms with Crippen LogP contribution in [-0.4, -0.2) is 33.4 Å². The van der Waals surface area contributed by atoms with E-state index in [0.717, 1.165) is 25.1 Å². The summed E-state index contributed by atoms with van der Waals surface area (Å²) in [5.74, 6) is 1.58. The minimum atomic E-state index is -0.512. The minimum absolute atomic E-state index is 0.0899. The maximum atomic E-state index is 10.3. The van der Waals surface area contributed by atoms with Crippen LogP contribution in [-0.2, 0) is 0 Å². The Hall–Kier alpha value is -1.37. The molecule has 1 N–H and O–H groups in total. The van der Waals surface area contributed by atoms with Crippen LogP contribution in [0.25, 0.3) is 0 Å². The fraction of sp³-hybridized carbons (Fsp3) is 0.556. The van der Waals surface area contributed by atoms with Gasteiger partial charge in [0.05, 0.1) is 4.92 Å². The third-order valence-corrected chi connectivity index (χ3v) is 2.60. The summed E-state index contributed by atoms with van der Waals surface area (Å²) >= 11 is 1.82. The predicted molar refractivity (Wildman–Crippen MR) is 64.8 cm³/mol. The van der Waals surface area contributed by atoms with E-state index in [-0.39, 0.29) is 5.69 Å². The Morgan fingerprint density at radius 3 is 2.69 bits per heavy atom. The molecule has 0 saturated carbocycles. The van der Waals surface area contributed by atoms with Crippen LogP contribution < -0.4 is 5.32 Å². The number of anilines is 1. The van der Waals surface area contributed by atoms with Gasteiger partial charge in [-0.05, 0) is 24.9 Å². The summed E-state index contributed by atoms with van der Waals surface area (Å²) in [6.45, 7) is 0.790. The monoisotopic (exact) mass is 242 g/mol. The average molecular weight is 242 g/mol. The molecular formula is C9H14N4O2S. The SMILES string of the molecule is CSCCCCNc1ncc([N+](=O)[O-])cn1. The zero-order chi connectivity index (χ0) is 11.8. The zero-order valence-electron chi connectivity index (χ0n) is 9.05. The molecule has 0 spiro atoms. The molecule has 0 fully saturated rings. The number of aromatic nitrogens is 2. The maximum Gasteiger partial charge on any atom is 0.305 e. The summed E-state index contributed by atoms with van der Waals surface area (Å²) in [6, 6.07) is 0. The van der Waals surface area contributed by atoms with Crippen LogP contribution in [0.2, 0.25) is 0 Å². The first-order valence-electron chi connectivity index (χ1n) is 4.93. The molecule has 0 aliphatic rings. The van der Waals surface area contributed by atoms with Gasteiger partial charge in [0, 0.05) is 6.54 Å². The molecule has 88 valence electrons. The first-order chi connectivity index (χ1) is 7.74. The third-order valence-electron chi connectivity index (χ3n) is 1.91. The lowest BCUT2D eigenvalue weighted by Gasteiger charge is -2.02. The van der Waals surface area contributed by atoms with Gasteiger partial charge in [0.2, 0.25) is 5.95 Å². The topological polar surface area (TPSA) is 81.0 Å². The van der Waals surface area contributed by atoms with Crippen molar-refractivity contribution in [3.8, 4) is 0 Å². The summed E-state index contributed by atoms with van der Waals surface area (Å²) in [5, 5.41) is 13.4. The molecule has 0 atom stereocenters. The van der Waals surface area contributed by atoms with Gasteiger partial charge >= 0.3 is 5.69 Å². The van der Waals surface area contributed by atoms with E-state index < -0.39 is 4.92 Å². The normalized spacial score (nSPS) is 10.1. The van der Waals surface area contributed by atoms with E-state index in [1.54, 1.807) is 0 Å². The number of rotatable bonds is 7. The molecule has 0 aromatic carbocycles. The molecule has 0 bridgehead atoms. The Morgan fingerprint density at radius 1 is 1.44 bits per heavy atom. The van der Waals surface area contributed by atoms with Crippen molar-refractivity contribution in [2.24, 2.45) is 0 Å². The Morgan fingerprint density at radius 2 is 2.12 bits per heavy atom. The molecule has 0 aliphatic carbocycles. The number of unbranched alkanes of at least 4 members (excludes halogenated alkanes) is 1. The van der Waals surface area contributed by atoms with Gasteiger partial charge in [-0.25, -0.2) is 9.97 Å². The van der Waals surface area contributed by atoms with Gasteiger partial charge in [-0.2, -0.15) is 11.8 Å². The maximum absolute atomic E-state index is 10.3. The number of nitrogens with zero attached hydrogens (tertiary/aromatic N) is 3. The lowest BCUT2D eigenvalue weighted by molar-refractivity contribution is -0.385. The second kappa shape index (κ2) is 7.00. The van der Waals surface area contributed by atoms with Gasteiger partial charge < -0.3 is 5.32 Å². The fourth-order valence-corrected chi connectivity index (χ4v) is 1.57. The minimum Gasteiger partial charge on any atom is -0.354 e. The van der Waals surface area contributed by atoms with Crippen molar-refractivity contribution in [1.82, 2.24) is 9.97 Å². The number of nitrogens with one attached hydrogen (secondary N) is 1. The van der Waals surface area contributed by atoms with Crippen molar-refractivity contribution in [1.29, 1.82) is 0 Å². The standard InChI is InChI=1S/C9H14N4O2S/c1-16-5-3-2-4-10-9-11-6-8(7-12-9)13(14)15/h6-7H,2-5H2,1H3,(H,10,11,12). The second-order valence-electron chi connectivity index (χ2n) is 3.15. The Bertz CT molecular complexity index is 331. The van der Waals surface area contributed by atoms with Crippen molar-refractivity contribution in [3.63, 3.8) is 0 Å². The van der Waals surface area contributed by atoms with E-state index in [1.165, 1.54) is 12.4 Å². The lowest BCUT2D eigenvalue weighted by atomic mass is 10.3. The summed E-state index contributed by atoms with van der Waals surface area (Å²) in [4.78, 5) is 17.5. The third kappa shape index (κ3) is 4.43. The van der Waals surface area contributed by atoms with Crippen LogP contribution in [0.4, 0.5) is 11.6 Å². The zero-order valence-corrected chi connectivity index (χ0v) is 9.87. The van der Waals surface area contributed by atoms with Crippen LogP contribution in [0.1, 0.15) is 12.8 Å². The number of nitro groups is 1. The van der Waals surface area contributed by atoms with Crippen LogP contribution in [0, 0.1) is 10.1 Å². The van der Waals surface area contributed by atoms with Crippen molar-refractivity contribution in [2.75, 3.05) is 23.9 Å². The van der Waals surface area contributed by atoms with Crippen LogP contribution in [0.5, 0.6) is 0 Å². The highest BCUT2D eigenvalue weighted by Gasteiger charge is 2.05. The molecule has 16 heavy (non-hydrogen) atoms. The molecule has 1 heterocycles. The van der Waals surface area contributed by atoms with Gasteiger partial charge in [0.1, 0.15) is 12.4 Å². The predicted octanol–water partition coefficient (Wildman–Crippen LogP) is 1.94. The molecular weight excluding hydrogens is 228 g/mol. The molecule has 0 unspecified atom stereocenters. The summed E-state index contributed by atoms with van der Waals surface area (Å²) in [6.07, 6.45) is 6.67. The highest BCUT2D eigenvalue weighted by Crippen LogP contribution is 2.08. The average Bonchev–Trinajstić information content (AvgIpc) is 2.29. The number of thioether (sulfide) groups is 1. The summed E-state index contributed by atoms with van der Waals surface area (Å²) < 4.78 is 0. The summed E-state index contributed by atoms with van der Waals surface area (Å²) in [5.41, 5.74) is -0.0899. The first kappa shape index (κ1) is 12.7. The van der Waals surface area contributed by atoms with Crippen molar-refractivity contribution in [2.45, 2.75) is 12.8 Å². The van der Waals surface area contributed by atoms with E-state index in [4.69, 9.17) is 0 Å². The number of hydrogen-bond acceptors (Lipinski definition) is 6. The molecule has 1 aromatic rings. The molecule has 1 rings (SSSR count). The summed E-state index contributed by atoms with van der Waals surface area (Å²) in [7, 11) is 0. The van der Waals surface area contributed by atoms with Gasteiger partial charge in [-0.3, -0.25) is 10.1 Å². The molecule has 0 radical (unpaired) electrons. The highest BCUT2D eigenvalue weighted by atomic mass is 32.2. The van der Waals surface area contributed by atoms with Gasteiger partial charge in [0.15, 0.2) is 0 Å².